The summed E-state index contributed by atoms with van der Waals surface area (Å²) in [6.07, 6.45) is 1.64. The van der Waals surface area contributed by atoms with Crippen LogP contribution in [0.15, 0.2) is 42.6 Å². The van der Waals surface area contributed by atoms with Crippen molar-refractivity contribution in [2.75, 3.05) is 16.0 Å². The van der Waals surface area contributed by atoms with Gasteiger partial charge in [0.05, 0.1) is 0 Å². The second-order valence-electron chi connectivity index (χ2n) is 6.03. The van der Waals surface area contributed by atoms with Crippen molar-refractivity contribution < 1.29 is 9.59 Å². The standard InChI is InChI=1S/C19H19N7O2/c1-11-10-14(23-13(3)27)7-8-15(11)24-19(28)26-18-22-12(2)21-17(25-18)16-6-4-5-9-20-16/h4-10H,1-3H3,(H,23,27)(H2,21,22,24,25,26,28). The molecule has 3 amide bonds. The predicted octanol–water partition coefficient (Wildman–Crippen LogP) is 3.15. The van der Waals surface area contributed by atoms with Gasteiger partial charge in [-0.3, -0.25) is 15.1 Å². The minimum absolute atomic E-state index is 0.123. The highest BCUT2D eigenvalue weighted by atomic mass is 16.2. The molecule has 3 rings (SSSR count). The normalized spacial score (nSPS) is 10.2. The van der Waals surface area contributed by atoms with Crippen LogP contribution < -0.4 is 16.0 Å². The van der Waals surface area contributed by atoms with Crippen LogP contribution in [0.2, 0.25) is 0 Å². The number of aryl methyl sites for hydroxylation is 2. The number of rotatable bonds is 4. The van der Waals surface area contributed by atoms with Crippen molar-refractivity contribution in [3.63, 3.8) is 0 Å². The average Bonchev–Trinajstić information content (AvgIpc) is 2.64. The molecular weight excluding hydrogens is 358 g/mol. The Labute approximate surface area is 161 Å². The smallest absolute Gasteiger partial charge is 0.326 e. The average molecular weight is 377 g/mol. The molecule has 28 heavy (non-hydrogen) atoms. The number of urea groups is 1. The van der Waals surface area contributed by atoms with Gasteiger partial charge in [0.1, 0.15) is 11.5 Å². The first-order chi connectivity index (χ1) is 13.4. The van der Waals surface area contributed by atoms with Gasteiger partial charge in [0.15, 0.2) is 5.82 Å². The number of carbonyl (C=O) groups is 2. The molecule has 0 unspecified atom stereocenters. The van der Waals surface area contributed by atoms with Crippen LogP contribution in [-0.4, -0.2) is 31.9 Å². The van der Waals surface area contributed by atoms with Gasteiger partial charge in [0.25, 0.3) is 0 Å². The summed E-state index contributed by atoms with van der Waals surface area (Å²) >= 11 is 0. The molecule has 2 heterocycles. The minimum atomic E-state index is -0.493. The van der Waals surface area contributed by atoms with Crippen molar-refractivity contribution in [1.82, 2.24) is 19.9 Å². The number of hydrogen-bond donors (Lipinski definition) is 3. The summed E-state index contributed by atoms with van der Waals surface area (Å²) in [6.45, 7) is 4.97. The van der Waals surface area contributed by atoms with Crippen molar-refractivity contribution in [3.05, 3.63) is 54.0 Å². The molecule has 142 valence electrons. The van der Waals surface area contributed by atoms with E-state index < -0.39 is 6.03 Å². The predicted molar refractivity (Wildman–Crippen MR) is 106 cm³/mol. The summed E-state index contributed by atoms with van der Waals surface area (Å²) in [7, 11) is 0. The molecule has 0 spiro atoms. The van der Waals surface area contributed by atoms with Crippen LogP contribution in [0.1, 0.15) is 18.3 Å². The lowest BCUT2D eigenvalue weighted by Gasteiger charge is -2.11. The fourth-order valence-electron chi connectivity index (χ4n) is 2.49. The van der Waals surface area contributed by atoms with Gasteiger partial charge in [-0.05, 0) is 49.7 Å². The lowest BCUT2D eigenvalue weighted by Crippen LogP contribution is -2.22. The van der Waals surface area contributed by atoms with Gasteiger partial charge in [-0.2, -0.15) is 9.97 Å². The third-order valence-electron chi connectivity index (χ3n) is 3.66. The Morgan fingerprint density at radius 3 is 2.43 bits per heavy atom. The zero-order chi connectivity index (χ0) is 20.1. The van der Waals surface area contributed by atoms with Crippen LogP contribution in [0, 0.1) is 13.8 Å². The van der Waals surface area contributed by atoms with Crippen LogP contribution in [0.4, 0.5) is 22.1 Å². The second kappa shape index (κ2) is 8.21. The SMILES string of the molecule is CC(=O)Nc1ccc(NC(=O)Nc2nc(C)nc(-c3ccccn3)n2)c(C)c1. The van der Waals surface area contributed by atoms with E-state index in [4.69, 9.17) is 0 Å². The summed E-state index contributed by atoms with van der Waals surface area (Å²) < 4.78 is 0. The minimum Gasteiger partial charge on any atom is -0.326 e. The van der Waals surface area contributed by atoms with E-state index in [0.29, 0.717) is 28.7 Å². The topological polar surface area (TPSA) is 122 Å². The quantitative estimate of drug-likeness (QED) is 0.642. The largest absolute Gasteiger partial charge is 0.326 e. The Bertz CT molecular complexity index is 1020. The van der Waals surface area contributed by atoms with Gasteiger partial charge in [-0.15, -0.1) is 0 Å². The highest BCUT2D eigenvalue weighted by Gasteiger charge is 2.11. The molecule has 0 radical (unpaired) electrons. The van der Waals surface area contributed by atoms with Crippen LogP contribution >= 0.6 is 0 Å². The molecule has 0 bridgehead atoms. The Morgan fingerprint density at radius 1 is 0.929 bits per heavy atom. The van der Waals surface area contributed by atoms with Crippen molar-refractivity contribution in [2.45, 2.75) is 20.8 Å². The van der Waals surface area contributed by atoms with E-state index in [2.05, 4.69) is 35.9 Å². The fraction of sp³-hybridized carbons (Fsp3) is 0.158. The first-order valence-electron chi connectivity index (χ1n) is 8.51. The van der Waals surface area contributed by atoms with Gasteiger partial charge in [-0.1, -0.05) is 6.07 Å². The van der Waals surface area contributed by atoms with E-state index in [-0.39, 0.29) is 11.9 Å². The number of aromatic nitrogens is 4. The molecule has 0 aliphatic heterocycles. The van der Waals surface area contributed by atoms with E-state index in [1.807, 2.05) is 13.0 Å². The highest BCUT2D eigenvalue weighted by Crippen LogP contribution is 2.20. The molecular formula is C19H19N7O2. The van der Waals surface area contributed by atoms with Crippen molar-refractivity contribution in [1.29, 1.82) is 0 Å². The van der Waals surface area contributed by atoms with Crippen LogP contribution in [0.3, 0.4) is 0 Å². The van der Waals surface area contributed by atoms with Gasteiger partial charge >= 0.3 is 6.03 Å². The van der Waals surface area contributed by atoms with Gasteiger partial charge < -0.3 is 10.6 Å². The summed E-state index contributed by atoms with van der Waals surface area (Å²) in [4.78, 5) is 40.3. The lowest BCUT2D eigenvalue weighted by molar-refractivity contribution is -0.114. The Balaban J connectivity index is 1.73. The number of benzene rings is 1. The first-order valence-corrected chi connectivity index (χ1v) is 8.51. The van der Waals surface area contributed by atoms with Crippen LogP contribution in [0.5, 0.6) is 0 Å². The fourth-order valence-corrected chi connectivity index (χ4v) is 2.49. The maximum Gasteiger partial charge on any atom is 0.326 e. The summed E-state index contributed by atoms with van der Waals surface area (Å²) in [5.74, 6) is 0.797. The number of nitrogens with zero attached hydrogens (tertiary/aromatic N) is 4. The van der Waals surface area contributed by atoms with E-state index in [1.165, 1.54) is 6.92 Å². The molecule has 0 saturated heterocycles. The third-order valence-corrected chi connectivity index (χ3v) is 3.66. The van der Waals surface area contributed by atoms with Crippen molar-refractivity contribution in [2.24, 2.45) is 0 Å². The molecule has 0 aliphatic carbocycles. The van der Waals surface area contributed by atoms with Gasteiger partial charge in [-0.25, -0.2) is 9.78 Å². The number of anilines is 3. The zero-order valence-electron chi connectivity index (χ0n) is 15.6. The maximum atomic E-state index is 12.3. The third kappa shape index (κ3) is 4.85. The summed E-state index contributed by atoms with van der Waals surface area (Å²) in [5.41, 5.74) is 2.63. The number of carbonyl (C=O) groups excluding carboxylic acids is 2. The van der Waals surface area contributed by atoms with Crippen molar-refractivity contribution in [3.8, 4) is 11.5 Å². The molecule has 9 heteroatoms. The molecule has 0 fully saturated rings. The summed E-state index contributed by atoms with van der Waals surface area (Å²) in [5, 5.41) is 8.04. The zero-order valence-corrected chi connectivity index (χ0v) is 15.6. The molecule has 1 aromatic carbocycles. The van der Waals surface area contributed by atoms with Gasteiger partial charge in [0, 0.05) is 24.5 Å². The van der Waals surface area contributed by atoms with E-state index in [9.17, 15) is 9.59 Å². The van der Waals surface area contributed by atoms with Crippen LogP contribution in [0.25, 0.3) is 11.5 Å². The summed E-state index contributed by atoms with van der Waals surface area (Å²) in [6, 6.07) is 10.1. The molecule has 3 N–H and O–H groups in total. The van der Waals surface area contributed by atoms with Gasteiger partial charge in [0.2, 0.25) is 11.9 Å². The Hall–Kier alpha value is -3.88. The molecule has 0 atom stereocenters. The number of pyridine rings is 1. The number of hydrogen-bond acceptors (Lipinski definition) is 6. The molecule has 0 saturated carbocycles. The molecule has 3 aromatic rings. The van der Waals surface area contributed by atoms with Crippen LogP contribution in [-0.2, 0) is 4.79 Å². The first kappa shape index (κ1) is 18.9. The number of amides is 3. The van der Waals surface area contributed by atoms with E-state index in [1.54, 1.807) is 43.5 Å². The second-order valence-corrected chi connectivity index (χ2v) is 6.03. The molecule has 2 aromatic heterocycles. The maximum absolute atomic E-state index is 12.3. The van der Waals surface area contributed by atoms with Crippen molar-refractivity contribution >= 4 is 29.3 Å². The number of nitrogens with one attached hydrogen (secondary N) is 3. The molecule has 0 aliphatic rings. The molecule has 9 nitrogen and oxygen atoms in total. The Kier molecular flexibility index (Phi) is 5.54. The Morgan fingerprint density at radius 2 is 1.75 bits per heavy atom. The monoisotopic (exact) mass is 377 g/mol. The highest BCUT2D eigenvalue weighted by molar-refractivity contribution is 5.99. The van der Waals surface area contributed by atoms with E-state index >= 15 is 0 Å². The lowest BCUT2D eigenvalue weighted by atomic mass is 10.2. The van der Waals surface area contributed by atoms with E-state index in [0.717, 1.165) is 5.56 Å².